The van der Waals surface area contributed by atoms with E-state index in [-0.39, 0.29) is 24.5 Å². The number of amides is 1. The van der Waals surface area contributed by atoms with Crippen molar-refractivity contribution >= 4 is 22.8 Å². The zero-order chi connectivity index (χ0) is 17.4. The van der Waals surface area contributed by atoms with Crippen molar-refractivity contribution in [2.45, 2.75) is 37.8 Å². The Balaban J connectivity index is 1.32. The zero-order valence-corrected chi connectivity index (χ0v) is 14.1. The molecule has 4 rings (SSSR count). The van der Waals surface area contributed by atoms with Crippen LogP contribution in [-0.2, 0) is 4.79 Å². The van der Waals surface area contributed by atoms with Gasteiger partial charge >= 0.3 is 5.97 Å². The number of aromatic amines is 1. The first-order valence-corrected chi connectivity index (χ1v) is 8.92. The number of carboxylic acid groups (broad SMARTS) is 1. The highest BCUT2D eigenvalue weighted by atomic mass is 16.4. The molecule has 2 aromatic rings. The normalized spacial score (nSPS) is 22.8. The fraction of sp³-hybridized carbons (Fsp3) is 0.474. The second kappa shape index (κ2) is 6.52. The minimum absolute atomic E-state index is 0.0630. The summed E-state index contributed by atoms with van der Waals surface area (Å²) in [6.07, 6.45) is 5.95. The molecule has 0 atom stereocenters. The molecule has 132 valence electrons. The van der Waals surface area contributed by atoms with Gasteiger partial charge in [-0.25, -0.2) is 0 Å². The minimum atomic E-state index is -0.771. The molecular weight excluding hydrogens is 318 g/mol. The molecule has 3 N–H and O–H groups in total. The van der Waals surface area contributed by atoms with Crippen molar-refractivity contribution in [1.29, 1.82) is 0 Å². The molecule has 6 heteroatoms. The topological polar surface area (TPSA) is 85.4 Å². The van der Waals surface area contributed by atoms with Crippen molar-refractivity contribution in [2.24, 2.45) is 5.92 Å². The van der Waals surface area contributed by atoms with E-state index in [4.69, 9.17) is 5.11 Å². The van der Waals surface area contributed by atoms with Crippen LogP contribution < -0.4 is 5.32 Å². The molecule has 25 heavy (non-hydrogen) atoms. The van der Waals surface area contributed by atoms with Gasteiger partial charge in [0.25, 0.3) is 5.91 Å². The molecule has 2 aliphatic carbocycles. The van der Waals surface area contributed by atoms with E-state index in [9.17, 15) is 9.59 Å². The quantitative estimate of drug-likeness (QED) is 0.721. The third-order valence-corrected chi connectivity index (χ3v) is 5.31. The van der Waals surface area contributed by atoms with Gasteiger partial charge in [0.1, 0.15) is 0 Å². The predicted octanol–water partition coefficient (Wildman–Crippen LogP) is 2.23. The van der Waals surface area contributed by atoms with Crippen molar-refractivity contribution in [3.8, 4) is 0 Å². The van der Waals surface area contributed by atoms with Gasteiger partial charge in [0.2, 0.25) is 0 Å². The minimum Gasteiger partial charge on any atom is -0.480 e. The van der Waals surface area contributed by atoms with Crippen molar-refractivity contribution < 1.29 is 14.7 Å². The van der Waals surface area contributed by atoms with Crippen LogP contribution in [0.25, 0.3) is 10.9 Å². The first-order valence-electron chi connectivity index (χ1n) is 8.92. The summed E-state index contributed by atoms with van der Waals surface area (Å²) < 4.78 is 0. The molecule has 6 nitrogen and oxygen atoms in total. The first-order chi connectivity index (χ1) is 12.1. The predicted molar refractivity (Wildman–Crippen MR) is 94.5 cm³/mol. The molecule has 0 spiro atoms. The molecule has 1 aromatic carbocycles. The van der Waals surface area contributed by atoms with Gasteiger partial charge in [-0.2, -0.15) is 0 Å². The van der Waals surface area contributed by atoms with E-state index in [0.29, 0.717) is 11.5 Å². The summed E-state index contributed by atoms with van der Waals surface area (Å²) in [5.74, 6) is -0.167. The maximum atomic E-state index is 12.4. The number of carbonyl (C=O) groups is 2. The van der Waals surface area contributed by atoms with Gasteiger partial charge in [0.15, 0.2) is 0 Å². The summed E-state index contributed by atoms with van der Waals surface area (Å²) >= 11 is 0. The smallest absolute Gasteiger partial charge is 0.317 e. The SMILES string of the molecule is O=C(O)CN(CC1CC1)C1CC(NC(=O)c2ccc3cc[nH]c3c2)C1. The summed E-state index contributed by atoms with van der Waals surface area (Å²) in [6, 6.07) is 8.02. The maximum Gasteiger partial charge on any atom is 0.317 e. The molecular formula is C19H23N3O3. The lowest BCUT2D eigenvalue weighted by atomic mass is 9.85. The van der Waals surface area contributed by atoms with Crippen LogP contribution in [-0.4, -0.2) is 52.0 Å². The Morgan fingerprint density at radius 3 is 2.76 bits per heavy atom. The standard InChI is InChI=1S/C19H23N3O3/c23-18(24)11-22(10-12-1-2-12)16-8-15(9-16)21-19(25)14-4-3-13-5-6-20-17(13)7-14/h3-7,12,15-16,20H,1-2,8-11H2,(H,21,25)(H,23,24). The summed E-state index contributed by atoms with van der Waals surface area (Å²) in [7, 11) is 0. The number of H-pyrrole nitrogens is 1. The van der Waals surface area contributed by atoms with Gasteiger partial charge in [0, 0.05) is 35.9 Å². The van der Waals surface area contributed by atoms with Crippen LogP contribution >= 0.6 is 0 Å². The monoisotopic (exact) mass is 341 g/mol. The van der Waals surface area contributed by atoms with Gasteiger partial charge in [-0.15, -0.1) is 0 Å². The Morgan fingerprint density at radius 2 is 2.04 bits per heavy atom. The van der Waals surface area contributed by atoms with Gasteiger partial charge in [-0.05, 0) is 55.2 Å². The van der Waals surface area contributed by atoms with Crippen LogP contribution in [0.2, 0.25) is 0 Å². The third-order valence-electron chi connectivity index (χ3n) is 5.31. The Bertz CT molecular complexity index is 790. The van der Waals surface area contributed by atoms with Gasteiger partial charge in [-0.3, -0.25) is 14.5 Å². The van der Waals surface area contributed by atoms with Gasteiger partial charge < -0.3 is 15.4 Å². The number of nitrogens with one attached hydrogen (secondary N) is 2. The molecule has 0 bridgehead atoms. The average molecular weight is 341 g/mol. The summed E-state index contributed by atoms with van der Waals surface area (Å²) in [4.78, 5) is 28.7. The molecule has 0 radical (unpaired) electrons. The number of hydrogen-bond acceptors (Lipinski definition) is 3. The average Bonchev–Trinajstić information content (AvgIpc) is 3.22. The van der Waals surface area contributed by atoms with Crippen molar-refractivity contribution in [1.82, 2.24) is 15.2 Å². The summed E-state index contributed by atoms with van der Waals surface area (Å²) in [5, 5.41) is 13.3. The second-order valence-electron chi connectivity index (χ2n) is 7.34. The van der Waals surface area contributed by atoms with Gasteiger partial charge in [-0.1, -0.05) is 6.07 Å². The molecule has 0 unspecified atom stereocenters. The fourth-order valence-corrected chi connectivity index (χ4v) is 3.61. The number of carboxylic acids is 1. The van der Waals surface area contributed by atoms with E-state index < -0.39 is 5.97 Å². The Hall–Kier alpha value is -2.34. The lowest BCUT2D eigenvalue weighted by Gasteiger charge is -2.42. The van der Waals surface area contributed by atoms with Crippen LogP contribution in [0, 0.1) is 5.92 Å². The molecule has 1 heterocycles. The van der Waals surface area contributed by atoms with E-state index in [1.807, 2.05) is 30.5 Å². The summed E-state index contributed by atoms with van der Waals surface area (Å²) in [5.41, 5.74) is 1.61. The highest BCUT2D eigenvalue weighted by Gasteiger charge is 2.37. The fourth-order valence-electron chi connectivity index (χ4n) is 3.61. The van der Waals surface area contributed by atoms with E-state index in [2.05, 4.69) is 15.2 Å². The Labute approximate surface area is 146 Å². The highest BCUT2D eigenvalue weighted by Crippen LogP contribution is 2.33. The van der Waals surface area contributed by atoms with E-state index in [0.717, 1.165) is 30.3 Å². The number of benzene rings is 1. The lowest BCUT2D eigenvalue weighted by molar-refractivity contribution is -0.139. The van der Waals surface area contributed by atoms with Crippen LogP contribution in [0.1, 0.15) is 36.0 Å². The van der Waals surface area contributed by atoms with Crippen LogP contribution in [0.15, 0.2) is 30.5 Å². The number of carbonyl (C=O) groups excluding carboxylic acids is 1. The van der Waals surface area contributed by atoms with E-state index in [1.165, 1.54) is 12.8 Å². The molecule has 1 aromatic heterocycles. The molecule has 1 amide bonds. The molecule has 2 aliphatic rings. The van der Waals surface area contributed by atoms with Crippen LogP contribution in [0.4, 0.5) is 0 Å². The number of nitrogens with zero attached hydrogens (tertiary/aromatic N) is 1. The van der Waals surface area contributed by atoms with E-state index in [1.54, 1.807) is 0 Å². The molecule has 2 saturated carbocycles. The molecule has 0 saturated heterocycles. The Morgan fingerprint density at radius 1 is 1.24 bits per heavy atom. The van der Waals surface area contributed by atoms with Crippen molar-refractivity contribution in [3.63, 3.8) is 0 Å². The third kappa shape index (κ3) is 3.69. The maximum absolute atomic E-state index is 12.4. The number of aliphatic carboxylic acids is 1. The number of aromatic nitrogens is 1. The summed E-state index contributed by atoms with van der Waals surface area (Å²) in [6.45, 7) is 0.979. The molecule has 0 aliphatic heterocycles. The van der Waals surface area contributed by atoms with Crippen LogP contribution in [0.3, 0.4) is 0 Å². The second-order valence-corrected chi connectivity index (χ2v) is 7.34. The van der Waals surface area contributed by atoms with Crippen molar-refractivity contribution in [2.75, 3.05) is 13.1 Å². The lowest BCUT2D eigenvalue weighted by Crippen LogP contribution is -2.55. The van der Waals surface area contributed by atoms with Crippen molar-refractivity contribution in [3.05, 3.63) is 36.0 Å². The number of hydrogen-bond donors (Lipinski definition) is 3. The first kappa shape index (κ1) is 16.1. The Kier molecular flexibility index (Phi) is 4.21. The number of rotatable bonds is 7. The molecule has 2 fully saturated rings. The number of fused-ring (bicyclic) bond motifs is 1. The van der Waals surface area contributed by atoms with Crippen LogP contribution in [0.5, 0.6) is 0 Å². The highest BCUT2D eigenvalue weighted by molar-refractivity contribution is 5.98. The van der Waals surface area contributed by atoms with Gasteiger partial charge in [0.05, 0.1) is 6.54 Å². The van der Waals surface area contributed by atoms with E-state index >= 15 is 0 Å². The largest absolute Gasteiger partial charge is 0.480 e. The zero-order valence-electron chi connectivity index (χ0n) is 14.1.